The molecule has 2 N–H and O–H groups in total. The minimum atomic E-state index is 0.0857. The SMILES string of the molecule is C=C1SC(N)=NC2(C(C)CCC)CCCC12. The molecule has 0 radical (unpaired) electrons. The van der Waals surface area contributed by atoms with Gasteiger partial charge in [-0.2, -0.15) is 0 Å². The van der Waals surface area contributed by atoms with Gasteiger partial charge in [0.05, 0.1) is 5.54 Å². The van der Waals surface area contributed by atoms with Crippen LogP contribution in [-0.2, 0) is 0 Å². The van der Waals surface area contributed by atoms with Gasteiger partial charge in [-0.05, 0) is 30.1 Å². The molecule has 0 amide bonds. The molecule has 3 atom stereocenters. The van der Waals surface area contributed by atoms with E-state index in [4.69, 9.17) is 10.7 Å². The van der Waals surface area contributed by atoms with Gasteiger partial charge in [-0.1, -0.05) is 45.0 Å². The quantitative estimate of drug-likeness (QED) is 0.816. The largest absolute Gasteiger partial charge is 0.378 e. The zero-order valence-electron chi connectivity index (χ0n) is 10.3. The number of aliphatic imine (C=N–C) groups is 1. The topological polar surface area (TPSA) is 38.4 Å². The lowest BCUT2D eigenvalue weighted by Crippen LogP contribution is -2.43. The predicted molar refractivity (Wildman–Crippen MR) is 72.5 cm³/mol. The van der Waals surface area contributed by atoms with Crippen molar-refractivity contribution in [2.45, 2.75) is 51.5 Å². The smallest absolute Gasteiger partial charge is 0.159 e. The minimum absolute atomic E-state index is 0.0857. The molecule has 3 heteroatoms. The van der Waals surface area contributed by atoms with Crippen molar-refractivity contribution in [1.82, 2.24) is 0 Å². The van der Waals surface area contributed by atoms with Gasteiger partial charge in [-0.25, -0.2) is 0 Å². The number of amidine groups is 1. The minimum Gasteiger partial charge on any atom is -0.378 e. The molecule has 0 aromatic carbocycles. The Morgan fingerprint density at radius 2 is 2.44 bits per heavy atom. The van der Waals surface area contributed by atoms with E-state index in [2.05, 4.69) is 20.4 Å². The summed E-state index contributed by atoms with van der Waals surface area (Å²) in [6.45, 7) is 8.78. The van der Waals surface area contributed by atoms with E-state index in [1.807, 2.05) is 0 Å². The Morgan fingerprint density at radius 1 is 1.69 bits per heavy atom. The van der Waals surface area contributed by atoms with Crippen molar-refractivity contribution in [2.24, 2.45) is 22.6 Å². The number of nitrogens with two attached hydrogens (primary N) is 1. The average molecular weight is 238 g/mol. The lowest BCUT2D eigenvalue weighted by Gasteiger charge is -2.41. The van der Waals surface area contributed by atoms with Crippen molar-refractivity contribution < 1.29 is 0 Å². The first-order valence-electron chi connectivity index (χ1n) is 6.32. The Hall–Kier alpha value is -0.440. The molecule has 1 saturated carbocycles. The van der Waals surface area contributed by atoms with E-state index in [1.54, 1.807) is 11.8 Å². The molecule has 0 saturated heterocycles. The zero-order valence-corrected chi connectivity index (χ0v) is 11.1. The monoisotopic (exact) mass is 238 g/mol. The fourth-order valence-electron chi connectivity index (χ4n) is 3.40. The summed E-state index contributed by atoms with van der Waals surface area (Å²) >= 11 is 1.59. The molecule has 16 heavy (non-hydrogen) atoms. The zero-order chi connectivity index (χ0) is 11.8. The average Bonchev–Trinajstić information content (AvgIpc) is 2.63. The molecule has 1 fully saturated rings. The first kappa shape index (κ1) is 12.0. The van der Waals surface area contributed by atoms with E-state index < -0.39 is 0 Å². The van der Waals surface area contributed by atoms with Crippen molar-refractivity contribution in [3.8, 4) is 0 Å². The van der Waals surface area contributed by atoms with E-state index in [1.165, 1.54) is 37.0 Å². The van der Waals surface area contributed by atoms with Crippen molar-refractivity contribution in [1.29, 1.82) is 0 Å². The van der Waals surface area contributed by atoms with Gasteiger partial charge >= 0.3 is 0 Å². The highest BCUT2D eigenvalue weighted by Crippen LogP contribution is 2.53. The number of hydrogen-bond acceptors (Lipinski definition) is 3. The van der Waals surface area contributed by atoms with Gasteiger partial charge in [0.15, 0.2) is 5.17 Å². The van der Waals surface area contributed by atoms with Gasteiger partial charge in [0, 0.05) is 5.92 Å². The maximum absolute atomic E-state index is 5.95. The van der Waals surface area contributed by atoms with Crippen LogP contribution in [0.5, 0.6) is 0 Å². The van der Waals surface area contributed by atoms with Crippen molar-refractivity contribution in [2.75, 3.05) is 0 Å². The van der Waals surface area contributed by atoms with Gasteiger partial charge in [0.1, 0.15) is 0 Å². The van der Waals surface area contributed by atoms with Gasteiger partial charge in [-0.15, -0.1) is 0 Å². The summed E-state index contributed by atoms with van der Waals surface area (Å²) in [7, 11) is 0. The first-order valence-corrected chi connectivity index (χ1v) is 7.13. The molecule has 2 rings (SSSR count). The molecule has 0 bridgehead atoms. The molecule has 0 aromatic rings. The Kier molecular flexibility index (Phi) is 3.34. The summed E-state index contributed by atoms with van der Waals surface area (Å²) in [5.41, 5.74) is 6.04. The third kappa shape index (κ3) is 1.79. The van der Waals surface area contributed by atoms with Crippen LogP contribution in [0.25, 0.3) is 0 Å². The molecular weight excluding hydrogens is 216 g/mol. The molecular formula is C13H22N2S. The maximum Gasteiger partial charge on any atom is 0.159 e. The highest BCUT2D eigenvalue weighted by Gasteiger charge is 2.49. The van der Waals surface area contributed by atoms with Crippen molar-refractivity contribution >= 4 is 16.9 Å². The van der Waals surface area contributed by atoms with Gasteiger partial charge in [0.2, 0.25) is 0 Å². The first-order chi connectivity index (χ1) is 7.60. The van der Waals surface area contributed by atoms with Gasteiger partial charge < -0.3 is 5.73 Å². The van der Waals surface area contributed by atoms with E-state index in [0.29, 0.717) is 11.8 Å². The highest BCUT2D eigenvalue weighted by molar-refractivity contribution is 8.17. The van der Waals surface area contributed by atoms with E-state index >= 15 is 0 Å². The number of fused-ring (bicyclic) bond motifs is 1. The normalized spacial score (nSPS) is 35.8. The number of nitrogens with zero attached hydrogens (tertiary/aromatic N) is 1. The fourth-order valence-corrected chi connectivity index (χ4v) is 4.35. The molecule has 0 spiro atoms. The lowest BCUT2D eigenvalue weighted by molar-refractivity contribution is 0.236. The number of hydrogen-bond donors (Lipinski definition) is 1. The van der Waals surface area contributed by atoms with Crippen LogP contribution in [0.4, 0.5) is 0 Å². The maximum atomic E-state index is 5.95. The summed E-state index contributed by atoms with van der Waals surface area (Å²) in [5.74, 6) is 1.19. The Balaban J connectivity index is 2.33. The third-order valence-electron chi connectivity index (χ3n) is 4.19. The summed E-state index contributed by atoms with van der Waals surface area (Å²) in [4.78, 5) is 6.08. The molecule has 2 aliphatic rings. The second-order valence-corrected chi connectivity index (χ2v) is 6.29. The van der Waals surface area contributed by atoms with Crippen LogP contribution >= 0.6 is 11.8 Å². The summed E-state index contributed by atoms with van der Waals surface area (Å²) in [6.07, 6.45) is 6.18. The van der Waals surface area contributed by atoms with Gasteiger partial charge in [0.25, 0.3) is 0 Å². The molecule has 2 nitrogen and oxygen atoms in total. The highest BCUT2D eigenvalue weighted by atomic mass is 32.2. The third-order valence-corrected chi connectivity index (χ3v) is 5.04. The van der Waals surface area contributed by atoms with Crippen LogP contribution in [0.2, 0.25) is 0 Å². The number of thioether (sulfide) groups is 1. The fraction of sp³-hybridized carbons (Fsp3) is 0.769. The molecule has 1 heterocycles. The molecule has 90 valence electrons. The van der Waals surface area contributed by atoms with Crippen LogP contribution < -0.4 is 5.73 Å². The second kappa shape index (κ2) is 4.44. The second-order valence-electron chi connectivity index (χ2n) is 5.14. The van der Waals surface area contributed by atoms with Crippen LogP contribution in [0, 0.1) is 11.8 Å². The molecule has 3 unspecified atom stereocenters. The summed E-state index contributed by atoms with van der Waals surface area (Å²) < 4.78 is 0. The van der Waals surface area contributed by atoms with Crippen molar-refractivity contribution in [3.05, 3.63) is 11.5 Å². The van der Waals surface area contributed by atoms with Crippen LogP contribution in [-0.4, -0.2) is 10.7 Å². The Bertz CT molecular complexity index is 324. The van der Waals surface area contributed by atoms with Gasteiger partial charge in [-0.3, -0.25) is 4.99 Å². The lowest BCUT2D eigenvalue weighted by atomic mass is 9.75. The molecule has 1 aliphatic carbocycles. The van der Waals surface area contributed by atoms with E-state index in [-0.39, 0.29) is 5.54 Å². The van der Waals surface area contributed by atoms with Crippen molar-refractivity contribution in [3.63, 3.8) is 0 Å². The molecule has 1 aliphatic heterocycles. The Morgan fingerprint density at radius 3 is 3.12 bits per heavy atom. The molecule has 0 aromatic heterocycles. The van der Waals surface area contributed by atoms with Crippen LogP contribution in [0.3, 0.4) is 0 Å². The standard InChI is InChI=1S/C13H22N2S/c1-4-6-9(2)13-8-5-7-11(13)10(3)16-12(14)15-13/h9,11H,3-8H2,1-2H3,(H2,14,15). The van der Waals surface area contributed by atoms with Crippen LogP contribution in [0.15, 0.2) is 16.5 Å². The van der Waals surface area contributed by atoms with E-state index in [0.717, 1.165) is 5.17 Å². The van der Waals surface area contributed by atoms with Crippen LogP contribution in [0.1, 0.15) is 46.0 Å². The predicted octanol–water partition coefficient (Wildman–Crippen LogP) is 3.54. The van der Waals surface area contributed by atoms with E-state index in [9.17, 15) is 0 Å². The summed E-state index contributed by atoms with van der Waals surface area (Å²) in [6, 6.07) is 0. The Labute approximate surface area is 103 Å². The summed E-state index contributed by atoms with van der Waals surface area (Å²) in [5, 5.41) is 0.728. The number of rotatable bonds is 3.